The number of thiazole rings is 1. The fraction of sp³-hybridized carbons (Fsp3) is 0.226. The Morgan fingerprint density at radius 2 is 1.73 bits per heavy atom. The van der Waals surface area contributed by atoms with Gasteiger partial charge >= 0.3 is 12.1 Å². The van der Waals surface area contributed by atoms with Crippen LogP contribution in [0.3, 0.4) is 0 Å². The molecule has 1 atom stereocenters. The first-order valence-electron chi connectivity index (χ1n) is 13.9. The molecular formula is C31H25F4N5O4S. The number of hydrogen-bond acceptors (Lipinski definition) is 8. The summed E-state index contributed by atoms with van der Waals surface area (Å²) in [5, 5.41) is 7.57. The zero-order valence-corrected chi connectivity index (χ0v) is 24.3. The molecule has 0 saturated carbocycles. The standard InChI is InChI=1S/C31H25F4N5O4S/c32-21-5-8-25(44-29(43)31(33,34)35)24(16-21)26(27(41)38-30-37-11-14-45-30)40-17-20-2-1-19(15-23(20)28(40)42)18-3-6-22(7-4-18)39-12-9-36-10-13-39/h1-8,11,14-16,26,36H,9-10,12-13,17H2,(H,37,38,41). The van der Waals surface area contributed by atoms with Crippen LogP contribution in [-0.4, -0.2) is 60.0 Å². The number of nitrogens with zero attached hydrogens (tertiary/aromatic N) is 3. The van der Waals surface area contributed by atoms with Gasteiger partial charge in [0.2, 0.25) is 0 Å². The summed E-state index contributed by atoms with van der Waals surface area (Å²) in [5.41, 5.74) is 3.06. The van der Waals surface area contributed by atoms with Crippen molar-refractivity contribution in [2.75, 3.05) is 36.4 Å². The maximum absolute atomic E-state index is 14.5. The molecule has 45 heavy (non-hydrogen) atoms. The smallest absolute Gasteiger partial charge is 0.419 e. The first-order valence-corrected chi connectivity index (χ1v) is 14.8. The van der Waals surface area contributed by atoms with Gasteiger partial charge in [-0.1, -0.05) is 24.3 Å². The first-order chi connectivity index (χ1) is 21.6. The Balaban J connectivity index is 1.33. The molecular weight excluding hydrogens is 614 g/mol. The minimum Gasteiger partial charge on any atom is -0.419 e. The number of fused-ring (bicyclic) bond motifs is 1. The van der Waals surface area contributed by atoms with Gasteiger partial charge in [0.05, 0.1) is 0 Å². The predicted octanol–water partition coefficient (Wildman–Crippen LogP) is 5.16. The molecule has 4 aromatic rings. The highest BCUT2D eigenvalue weighted by atomic mass is 32.1. The number of anilines is 2. The molecule has 0 aliphatic carbocycles. The minimum absolute atomic E-state index is 0.116. The summed E-state index contributed by atoms with van der Waals surface area (Å²) < 4.78 is 58.4. The first kappa shape index (κ1) is 30.2. The van der Waals surface area contributed by atoms with Crippen LogP contribution in [0.1, 0.15) is 27.5 Å². The zero-order chi connectivity index (χ0) is 31.7. The normalized spacial score (nSPS) is 15.5. The van der Waals surface area contributed by atoms with Crippen molar-refractivity contribution in [3.05, 3.63) is 94.7 Å². The third-order valence-corrected chi connectivity index (χ3v) is 8.24. The summed E-state index contributed by atoms with van der Waals surface area (Å²) in [6.07, 6.45) is -3.94. The molecule has 6 rings (SSSR count). The molecule has 232 valence electrons. The third-order valence-electron chi connectivity index (χ3n) is 7.55. The molecule has 1 fully saturated rings. The summed E-state index contributed by atoms with van der Waals surface area (Å²) in [4.78, 5) is 46.6. The van der Waals surface area contributed by atoms with Gasteiger partial charge in [0.1, 0.15) is 17.6 Å². The highest BCUT2D eigenvalue weighted by Gasteiger charge is 2.44. The van der Waals surface area contributed by atoms with Crippen LogP contribution in [0.15, 0.2) is 72.2 Å². The zero-order valence-electron chi connectivity index (χ0n) is 23.4. The second-order valence-corrected chi connectivity index (χ2v) is 11.3. The van der Waals surface area contributed by atoms with E-state index < -0.39 is 47.1 Å². The Kier molecular flexibility index (Phi) is 8.25. The van der Waals surface area contributed by atoms with Crippen molar-refractivity contribution >= 4 is 39.9 Å². The second-order valence-electron chi connectivity index (χ2n) is 10.4. The Morgan fingerprint density at radius 3 is 2.42 bits per heavy atom. The van der Waals surface area contributed by atoms with Gasteiger partial charge in [-0.2, -0.15) is 13.2 Å². The van der Waals surface area contributed by atoms with E-state index in [0.717, 1.165) is 77.4 Å². The fourth-order valence-electron chi connectivity index (χ4n) is 5.39. The number of alkyl halides is 3. The SMILES string of the molecule is O=C(Nc1nccs1)C(c1cc(F)ccc1OC(=O)C(F)(F)F)N1Cc2ccc(-c3ccc(N4CCNCC4)cc3)cc2C1=O. The van der Waals surface area contributed by atoms with E-state index in [2.05, 4.69) is 25.3 Å². The van der Waals surface area contributed by atoms with E-state index >= 15 is 0 Å². The van der Waals surface area contributed by atoms with E-state index in [9.17, 15) is 31.9 Å². The van der Waals surface area contributed by atoms with E-state index in [0.29, 0.717) is 5.56 Å². The van der Waals surface area contributed by atoms with E-state index in [1.165, 1.54) is 6.20 Å². The Morgan fingerprint density at radius 1 is 1.00 bits per heavy atom. The maximum atomic E-state index is 14.5. The van der Waals surface area contributed by atoms with Gasteiger partial charge in [-0.3, -0.25) is 14.9 Å². The topological polar surface area (TPSA) is 104 Å². The lowest BCUT2D eigenvalue weighted by Gasteiger charge is -2.29. The number of amides is 2. The van der Waals surface area contributed by atoms with Gasteiger partial charge in [0.25, 0.3) is 11.8 Å². The van der Waals surface area contributed by atoms with Crippen molar-refractivity contribution in [1.29, 1.82) is 0 Å². The molecule has 1 aromatic heterocycles. The molecule has 0 spiro atoms. The Labute approximate surface area is 258 Å². The molecule has 2 aliphatic heterocycles. The lowest BCUT2D eigenvalue weighted by molar-refractivity contribution is -0.189. The highest BCUT2D eigenvalue weighted by molar-refractivity contribution is 7.13. The molecule has 14 heteroatoms. The average molecular weight is 640 g/mol. The molecule has 0 bridgehead atoms. The van der Waals surface area contributed by atoms with E-state index in [1.807, 2.05) is 30.3 Å². The molecule has 3 aromatic carbocycles. The molecule has 0 radical (unpaired) electrons. The highest BCUT2D eigenvalue weighted by Crippen LogP contribution is 2.39. The number of aromatic nitrogens is 1. The number of piperazine rings is 1. The van der Waals surface area contributed by atoms with Gasteiger partial charge in [-0.05, 0) is 53.1 Å². The largest absolute Gasteiger partial charge is 0.491 e. The minimum atomic E-state index is -5.36. The van der Waals surface area contributed by atoms with Crippen LogP contribution in [0, 0.1) is 5.82 Å². The van der Waals surface area contributed by atoms with Crippen LogP contribution < -0.4 is 20.3 Å². The summed E-state index contributed by atoms with van der Waals surface area (Å²) in [7, 11) is 0. The Hall–Kier alpha value is -4.82. The number of carbonyl (C=O) groups is 3. The van der Waals surface area contributed by atoms with Crippen molar-refractivity contribution in [3.8, 4) is 16.9 Å². The van der Waals surface area contributed by atoms with Gasteiger partial charge in [-0.15, -0.1) is 11.3 Å². The van der Waals surface area contributed by atoms with Crippen LogP contribution in [0.4, 0.5) is 28.4 Å². The lowest BCUT2D eigenvalue weighted by atomic mass is 10.00. The number of esters is 1. The lowest BCUT2D eigenvalue weighted by Crippen LogP contribution is -2.43. The van der Waals surface area contributed by atoms with Crippen molar-refractivity contribution in [1.82, 2.24) is 15.2 Å². The maximum Gasteiger partial charge on any atom is 0.491 e. The van der Waals surface area contributed by atoms with Gasteiger partial charge in [0.15, 0.2) is 5.13 Å². The monoisotopic (exact) mass is 639 g/mol. The summed E-state index contributed by atoms with van der Waals surface area (Å²) in [5.74, 6) is -5.68. The molecule has 1 unspecified atom stereocenters. The molecule has 2 aliphatic rings. The second kappa shape index (κ2) is 12.3. The summed E-state index contributed by atoms with van der Waals surface area (Å²) in [6, 6.07) is 13.9. The molecule has 9 nitrogen and oxygen atoms in total. The number of rotatable bonds is 7. The van der Waals surface area contributed by atoms with Crippen LogP contribution >= 0.6 is 11.3 Å². The average Bonchev–Trinajstić information content (AvgIpc) is 3.66. The fourth-order valence-corrected chi connectivity index (χ4v) is 5.92. The third kappa shape index (κ3) is 6.37. The quantitative estimate of drug-likeness (QED) is 0.164. The van der Waals surface area contributed by atoms with Crippen LogP contribution in [0.25, 0.3) is 11.1 Å². The van der Waals surface area contributed by atoms with E-state index in [-0.39, 0.29) is 17.2 Å². The summed E-state index contributed by atoms with van der Waals surface area (Å²) >= 11 is 1.06. The number of hydrogen-bond donors (Lipinski definition) is 2. The van der Waals surface area contributed by atoms with E-state index in [4.69, 9.17) is 0 Å². The number of ether oxygens (including phenoxy) is 1. The molecule has 1 saturated heterocycles. The predicted molar refractivity (Wildman–Crippen MR) is 158 cm³/mol. The van der Waals surface area contributed by atoms with Gasteiger partial charge < -0.3 is 19.9 Å². The molecule has 3 heterocycles. The number of benzene rings is 3. The number of carbonyl (C=O) groups excluding carboxylic acids is 3. The number of halogens is 4. The van der Waals surface area contributed by atoms with Crippen LogP contribution in [0.2, 0.25) is 0 Å². The van der Waals surface area contributed by atoms with Crippen molar-refractivity contribution in [2.24, 2.45) is 0 Å². The van der Waals surface area contributed by atoms with E-state index in [1.54, 1.807) is 17.5 Å². The van der Waals surface area contributed by atoms with Crippen molar-refractivity contribution in [3.63, 3.8) is 0 Å². The molecule has 2 N–H and O–H groups in total. The van der Waals surface area contributed by atoms with Crippen LogP contribution in [-0.2, 0) is 16.1 Å². The van der Waals surface area contributed by atoms with Gasteiger partial charge in [0, 0.05) is 61.1 Å². The van der Waals surface area contributed by atoms with Gasteiger partial charge in [-0.25, -0.2) is 14.2 Å². The van der Waals surface area contributed by atoms with Crippen molar-refractivity contribution in [2.45, 2.75) is 18.8 Å². The van der Waals surface area contributed by atoms with Crippen molar-refractivity contribution < 1.29 is 36.7 Å². The number of nitrogens with one attached hydrogen (secondary N) is 2. The Bertz CT molecular complexity index is 1740. The molecule has 2 amide bonds. The summed E-state index contributed by atoms with van der Waals surface area (Å²) in [6.45, 7) is 3.46. The van der Waals surface area contributed by atoms with Crippen LogP contribution in [0.5, 0.6) is 5.75 Å².